The van der Waals surface area contributed by atoms with Crippen molar-refractivity contribution in [3.8, 4) is 11.3 Å². The van der Waals surface area contributed by atoms with Gasteiger partial charge in [-0.05, 0) is 22.8 Å². The molecule has 0 fully saturated rings. The van der Waals surface area contributed by atoms with Gasteiger partial charge in [-0.2, -0.15) is 13.2 Å². The number of carbonyl (C=O) groups is 2. The molecule has 0 bridgehead atoms. The summed E-state index contributed by atoms with van der Waals surface area (Å²) < 4.78 is 31.7. The first kappa shape index (κ1) is 22.4. The summed E-state index contributed by atoms with van der Waals surface area (Å²) in [6, 6.07) is 17.8. The summed E-state index contributed by atoms with van der Waals surface area (Å²) in [5.74, 6) is -2.80. The number of nitrogens with one attached hydrogen (secondary N) is 1. The number of aliphatic carboxylic acids is 2. The fraction of sp³-hybridized carbons (Fsp3) is 0.0952. The van der Waals surface area contributed by atoms with Crippen LogP contribution < -0.4 is 0 Å². The van der Waals surface area contributed by atoms with E-state index in [4.69, 9.17) is 15.0 Å². The maximum absolute atomic E-state index is 10.6. The lowest BCUT2D eigenvalue weighted by Crippen LogP contribution is -2.21. The molecule has 6 nitrogen and oxygen atoms in total. The van der Waals surface area contributed by atoms with Gasteiger partial charge >= 0.3 is 18.1 Å². The van der Waals surface area contributed by atoms with Gasteiger partial charge in [-0.15, -0.1) is 0 Å². The van der Waals surface area contributed by atoms with Crippen LogP contribution in [0.25, 0.3) is 17.3 Å². The molecule has 30 heavy (non-hydrogen) atoms. The average Bonchev–Trinajstić information content (AvgIpc) is 3.16. The Morgan fingerprint density at radius 3 is 2.13 bits per heavy atom. The van der Waals surface area contributed by atoms with Gasteiger partial charge in [0.2, 0.25) is 0 Å². The molecule has 3 aromatic rings. The molecule has 0 amide bonds. The van der Waals surface area contributed by atoms with Crippen LogP contribution in [0, 0.1) is 0 Å². The number of rotatable bonds is 5. The van der Waals surface area contributed by atoms with Gasteiger partial charge in [0.05, 0.1) is 11.9 Å². The Kier molecular flexibility index (Phi) is 7.51. The molecule has 0 saturated carbocycles. The molecule has 0 aliphatic carbocycles. The van der Waals surface area contributed by atoms with Crippen molar-refractivity contribution >= 4 is 18.0 Å². The van der Waals surface area contributed by atoms with Crippen molar-refractivity contribution < 1.29 is 33.0 Å². The van der Waals surface area contributed by atoms with E-state index in [2.05, 4.69) is 9.97 Å². The lowest BCUT2D eigenvalue weighted by Gasteiger charge is -2.00. The van der Waals surface area contributed by atoms with Crippen LogP contribution in [0.4, 0.5) is 13.2 Å². The van der Waals surface area contributed by atoms with E-state index in [1.54, 1.807) is 6.08 Å². The van der Waals surface area contributed by atoms with Gasteiger partial charge in [0.1, 0.15) is 5.82 Å². The summed E-state index contributed by atoms with van der Waals surface area (Å²) in [6.07, 6.45) is 0.171. The second-order valence-corrected chi connectivity index (χ2v) is 6.00. The fourth-order valence-corrected chi connectivity index (χ4v) is 2.32. The SMILES string of the molecule is O=C(O)/C=C/c1ccc(Cc2ncc(-c3ccccc3)[nH]2)cc1.O=C(O)C(F)(F)F. The highest BCUT2D eigenvalue weighted by Crippen LogP contribution is 2.18. The Morgan fingerprint density at radius 1 is 1.00 bits per heavy atom. The molecule has 2 aromatic carbocycles. The number of carboxylic acids is 2. The second kappa shape index (κ2) is 10.1. The van der Waals surface area contributed by atoms with Crippen molar-refractivity contribution in [1.82, 2.24) is 9.97 Å². The van der Waals surface area contributed by atoms with Gasteiger partial charge in [-0.25, -0.2) is 14.6 Å². The number of alkyl halides is 3. The molecule has 3 N–H and O–H groups in total. The Hall–Kier alpha value is -3.88. The molecular weight excluding hydrogens is 401 g/mol. The average molecular weight is 418 g/mol. The lowest BCUT2D eigenvalue weighted by atomic mass is 10.1. The van der Waals surface area contributed by atoms with Crippen molar-refractivity contribution in [2.45, 2.75) is 12.6 Å². The zero-order valence-corrected chi connectivity index (χ0v) is 15.4. The van der Waals surface area contributed by atoms with E-state index in [-0.39, 0.29) is 0 Å². The van der Waals surface area contributed by atoms with Crippen molar-refractivity contribution in [2.75, 3.05) is 0 Å². The first-order chi connectivity index (χ1) is 14.1. The smallest absolute Gasteiger partial charge is 0.478 e. The van der Waals surface area contributed by atoms with E-state index in [0.29, 0.717) is 6.42 Å². The zero-order chi connectivity index (χ0) is 22.1. The van der Waals surface area contributed by atoms with Crippen molar-refractivity contribution in [1.29, 1.82) is 0 Å². The number of H-pyrrole nitrogens is 1. The molecule has 0 aliphatic heterocycles. The van der Waals surface area contributed by atoms with Crippen LogP contribution in [0.1, 0.15) is 17.0 Å². The summed E-state index contributed by atoms with van der Waals surface area (Å²) in [6.45, 7) is 0. The van der Waals surface area contributed by atoms with Crippen molar-refractivity contribution in [3.63, 3.8) is 0 Å². The van der Waals surface area contributed by atoms with Crippen LogP contribution in [-0.2, 0) is 16.0 Å². The third kappa shape index (κ3) is 7.27. The standard InChI is InChI=1S/C19H16N2O2.C2HF3O2/c22-19(23)11-10-14-6-8-15(9-7-14)12-18-20-13-17(21-18)16-4-2-1-3-5-16;3-2(4,5)1(6)7/h1-11,13H,12H2,(H,20,21)(H,22,23);(H,6,7)/b11-10+;. The van der Waals surface area contributed by atoms with Gasteiger partial charge in [0.25, 0.3) is 0 Å². The molecule has 1 heterocycles. The molecule has 1 aromatic heterocycles. The van der Waals surface area contributed by atoms with Crippen molar-refractivity contribution in [2.24, 2.45) is 0 Å². The Bertz CT molecular complexity index is 1010. The van der Waals surface area contributed by atoms with E-state index in [1.807, 2.05) is 60.8 Å². The van der Waals surface area contributed by atoms with Gasteiger partial charge in [0.15, 0.2) is 0 Å². The Balaban J connectivity index is 0.000000396. The Labute approximate surface area is 169 Å². The summed E-state index contributed by atoms with van der Waals surface area (Å²) in [5, 5.41) is 15.7. The number of nitrogens with zero attached hydrogens (tertiary/aromatic N) is 1. The maximum Gasteiger partial charge on any atom is 0.490 e. The molecule has 3 rings (SSSR count). The number of imidazole rings is 1. The summed E-state index contributed by atoms with van der Waals surface area (Å²) in [7, 11) is 0. The van der Waals surface area contributed by atoms with E-state index in [1.165, 1.54) is 0 Å². The minimum Gasteiger partial charge on any atom is -0.478 e. The molecule has 0 aliphatic rings. The zero-order valence-electron chi connectivity index (χ0n) is 15.4. The minimum absolute atomic E-state index is 0.704. The summed E-state index contributed by atoms with van der Waals surface area (Å²) in [4.78, 5) is 27.1. The third-order valence-electron chi connectivity index (χ3n) is 3.73. The van der Waals surface area contributed by atoms with Crippen LogP contribution in [-0.4, -0.2) is 38.3 Å². The molecule has 0 atom stereocenters. The third-order valence-corrected chi connectivity index (χ3v) is 3.73. The molecule has 9 heteroatoms. The maximum atomic E-state index is 10.6. The van der Waals surface area contributed by atoms with E-state index < -0.39 is 18.1 Å². The van der Waals surface area contributed by atoms with E-state index in [9.17, 15) is 18.0 Å². The molecule has 0 unspecified atom stereocenters. The van der Waals surface area contributed by atoms with E-state index >= 15 is 0 Å². The van der Waals surface area contributed by atoms with Gasteiger partial charge < -0.3 is 15.2 Å². The number of halogens is 3. The number of hydrogen-bond donors (Lipinski definition) is 3. The highest BCUT2D eigenvalue weighted by molar-refractivity contribution is 5.85. The molecule has 156 valence electrons. The largest absolute Gasteiger partial charge is 0.490 e. The predicted molar refractivity (Wildman–Crippen MR) is 104 cm³/mol. The first-order valence-corrected chi connectivity index (χ1v) is 8.54. The topological polar surface area (TPSA) is 103 Å². The lowest BCUT2D eigenvalue weighted by molar-refractivity contribution is -0.192. The van der Waals surface area contributed by atoms with Gasteiger partial charge in [0, 0.05) is 12.5 Å². The van der Waals surface area contributed by atoms with Crippen LogP contribution in [0.15, 0.2) is 66.9 Å². The normalized spacial score (nSPS) is 11.0. The van der Waals surface area contributed by atoms with Crippen molar-refractivity contribution in [3.05, 3.63) is 83.8 Å². The van der Waals surface area contributed by atoms with Gasteiger partial charge in [-0.1, -0.05) is 54.6 Å². The summed E-state index contributed by atoms with van der Waals surface area (Å²) in [5.41, 5.74) is 4.09. The number of hydrogen-bond acceptors (Lipinski definition) is 3. The van der Waals surface area contributed by atoms with Gasteiger partial charge in [-0.3, -0.25) is 0 Å². The quantitative estimate of drug-likeness (QED) is 0.533. The number of benzene rings is 2. The Morgan fingerprint density at radius 2 is 1.60 bits per heavy atom. The van der Waals surface area contributed by atoms with E-state index in [0.717, 1.165) is 34.3 Å². The summed E-state index contributed by atoms with van der Waals surface area (Å²) >= 11 is 0. The van der Waals surface area contributed by atoms with Crippen LogP contribution >= 0.6 is 0 Å². The highest BCUT2D eigenvalue weighted by atomic mass is 19.4. The second-order valence-electron chi connectivity index (χ2n) is 6.00. The molecular formula is C21H17F3N2O4. The predicted octanol–water partition coefficient (Wildman–Crippen LogP) is 4.40. The number of aromatic nitrogens is 2. The van der Waals surface area contributed by atoms with Crippen LogP contribution in [0.3, 0.4) is 0 Å². The van der Waals surface area contributed by atoms with Crippen LogP contribution in [0.2, 0.25) is 0 Å². The molecule has 0 saturated heterocycles. The van der Waals surface area contributed by atoms with Crippen LogP contribution in [0.5, 0.6) is 0 Å². The number of carboxylic acid groups (broad SMARTS) is 2. The fourth-order valence-electron chi connectivity index (χ4n) is 2.32. The molecule has 0 spiro atoms. The molecule has 0 radical (unpaired) electrons. The highest BCUT2D eigenvalue weighted by Gasteiger charge is 2.38. The number of aromatic amines is 1. The monoisotopic (exact) mass is 418 g/mol. The first-order valence-electron chi connectivity index (χ1n) is 8.54. The minimum atomic E-state index is -5.08.